The summed E-state index contributed by atoms with van der Waals surface area (Å²) in [6.45, 7) is 1.49. The summed E-state index contributed by atoms with van der Waals surface area (Å²) < 4.78 is 5.44. The Bertz CT molecular complexity index is 1130. The van der Waals surface area contributed by atoms with Crippen LogP contribution in [0.2, 0.25) is 0 Å². The number of hydrogen-bond donors (Lipinski definition) is 1. The quantitative estimate of drug-likeness (QED) is 0.698. The Morgan fingerprint density at radius 3 is 2.57 bits per heavy atom. The number of benzene rings is 2. The molecule has 1 aliphatic heterocycles. The van der Waals surface area contributed by atoms with Crippen molar-refractivity contribution in [2.45, 2.75) is 25.3 Å². The third-order valence-corrected chi connectivity index (χ3v) is 6.36. The molecule has 1 saturated carbocycles. The molecular weight excluding hydrogens is 352 g/mol. The summed E-state index contributed by atoms with van der Waals surface area (Å²) in [7, 11) is 0. The molecule has 1 saturated heterocycles. The van der Waals surface area contributed by atoms with Crippen LogP contribution in [-0.2, 0) is 0 Å². The smallest absolute Gasteiger partial charge is 0.344 e. The van der Waals surface area contributed by atoms with Crippen LogP contribution < -0.4 is 11.4 Å². The van der Waals surface area contributed by atoms with Gasteiger partial charge in [-0.25, -0.2) is 4.79 Å². The van der Waals surface area contributed by atoms with Crippen LogP contribution in [0.15, 0.2) is 63.8 Å². The van der Waals surface area contributed by atoms with E-state index in [4.69, 9.17) is 10.2 Å². The molecule has 1 spiro atoms. The van der Waals surface area contributed by atoms with Gasteiger partial charge in [-0.2, -0.15) is 0 Å². The number of rotatable bonds is 2. The zero-order valence-electron chi connectivity index (χ0n) is 15.6. The highest BCUT2D eigenvalue weighted by atomic mass is 16.4. The Balaban J connectivity index is 1.43. The largest absolute Gasteiger partial charge is 0.422 e. The number of carbonyl (C=O) groups is 1. The lowest BCUT2D eigenvalue weighted by Gasteiger charge is -2.32. The normalized spacial score (nSPS) is 20.5. The first-order valence-corrected chi connectivity index (χ1v) is 9.74. The Morgan fingerprint density at radius 1 is 1.07 bits per heavy atom. The van der Waals surface area contributed by atoms with Gasteiger partial charge in [-0.15, -0.1) is 0 Å². The Hall–Kier alpha value is -2.92. The fourth-order valence-electron chi connectivity index (χ4n) is 4.37. The SMILES string of the molecule is NC1CC12CCN(C(=O)c1cccc(-c3cc4ccccc4oc3=O)c1)CC2. The first kappa shape index (κ1) is 17.2. The molecule has 1 unspecified atom stereocenters. The number of carbonyl (C=O) groups excluding carboxylic acids is 1. The standard InChI is InChI=1S/C23H22N2O3/c24-20-14-23(20)8-10-25(11-9-23)21(26)17-6-3-5-15(12-17)18-13-16-4-1-2-7-19(16)28-22(18)27/h1-7,12-13,20H,8-11,14,24H2. The third kappa shape index (κ3) is 2.83. The van der Waals surface area contributed by atoms with Crippen molar-refractivity contribution in [1.82, 2.24) is 4.90 Å². The molecule has 1 atom stereocenters. The fourth-order valence-corrected chi connectivity index (χ4v) is 4.37. The van der Waals surface area contributed by atoms with Gasteiger partial charge in [-0.05, 0) is 54.5 Å². The lowest BCUT2D eigenvalue weighted by atomic mass is 9.92. The van der Waals surface area contributed by atoms with E-state index in [1.807, 2.05) is 47.4 Å². The van der Waals surface area contributed by atoms with Gasteiger partial charge in [-0.3, -0.25) is 4.79 Å². The Morgan fingerprint density at radius 2 is 1.82 bits per heavy atom. The summed E-state index contributed by atoms with van der Waals surface area (Å²) in [6, 6.07) is 16.8. The van der Waals surface area contributed by atoms with Crippen LogP contribution in [0.5, 0.6) is 0 Å². The second-order valence-electron chi connectivity index (χ2n) is 8.03. The Kier molecular flexibility index (Phi) is 3.88. The van der Waals surface area contributed by atoms with E-state index in [1.54, 1.807) is 12.1 Å². The van der Waals surface area contributed by atoms with Crippen molar-refractivity contribution < 1.29 is 9.21 Å². The van der Waals surface area contributed by atoms with Crippen molar-refractivity contribution in [2.24, 2.45) is 11.1 Å². The van der Waals surface area contributed by atoms with E-state index in [2.05, 4.69) is 0 Å². The molecule has 1 aromatic heterocycles. The molecule has 2 fully saturated rings. The molecule has 2 aromatic carbocycles. The molecule has 1 aliphatic carbocycles. The molecule has 1 amide bonds. The first-order valence-electron chi connectivity index (χ1n) is 9.74. The minimum atomic E-state index is -0.397. The molecule has 3 aromatic rings. The van der Waals surface area contributed by atoms with Gasteiger partial charge >= 0.3 is 5.63 Å². The van der Waals surface area contributed by atoms with Crippen molar-refractivity contribution in [2.75, 3.05) is 13.1 Å². The molecule has 5 heteroatoms. The van der Waals surface area contributed by atoms with Gasteiger partial charge in [-0.1, -0.05) is 30.3 Å². The number of nitrogens with zero attached hydrogens (tertiary/aromatic N) is 1. The highest BCUT2D eigenvalue weighted by molar-refractivity contribution is 5.95. The summed E-state index contributed by atoms with van der Waals surface area (Å²) in [5.74, 6) is 0.0103. The fraction of sp³-hybridized carbons (Fsp3) is 0.304. The molecule has 2 N–H and O–H groups in total. The maximum absolute atomic E-state index is 13.0. The van der Waals surface area contributed by atoms with Gasteiger partial charge in [0.25, 0.3) is 5.91 Å². The van der Waals surface area contributed by atoms with E-state index in [0.717, 1.165) is 37.7 Å². The van der Waals surface area contributed by atoms with Crippen LogP contribution in [0, 0.1) is 5.41 Å². The average molecular weight is 374 g/mol. The highest BCUT2D eigenvalue weighted by Gasteiger charge is 2.53. The van der Waals surface area contributed by atoms with Crippen molar-refractivity contribution >= 4 is 16.9 Å². The molecule has 5 rings (SSSR count). The molecule has 2 aliphatic rings. The van der Waals surface area contributed by atoms with Crippen LogP contribution in [0.3, 0.4) is 0 Å². The van der Waals surface area contributed by atoms with Crippen LogP contribution in [0.25, 0.3) is 22.1 Å². The number of para-hydroxylation sites is 1. The molecule has 142 valence electrons. The maximum Gasteiger partial charge on any atom is 0.344 e. The molecule has 0 bridgehead atoms. The first-order chi connectivity index (χ1) is 13.6. The number of hydrogen-bond acceptors (Lipinski definition) is 4. The molecule has 0 radical (unpaired) electrons. The summed E-state index contributed by atoms with van der Waals surface area (Å²) >= 11 is 0. The lowest BCUT2D eigenvalue weighted by molar-refractivity contribution is 0.0675. The van der Waals surface area contributed by atoms with Crippen LogP contribution >= 0.6 is 0 Å². The molecule has 5 nitrogen and oxygen atoms in total. The van der Waals surface area contributed by atoms with Crippen molar-refractivity contribution in [3.63, 3.8) is 0 Å². The minimum absolute atomic E-state index is 0.0103. The van der Waals surface area contributed by atoms with Gasteiger partial charge in [0.1, 0.15) is 5.58 Å². The number of likely N-dealkylation sites (tertiary alicyclic amines) is 1. The van der Waals surface area contributed by atoms with Crippen LogP contribution in [-0.4, -0.2) is 29.9 Å². The van der Waals surface area contributed by atoms with Gasteiger partial charge in [0.2, 0.25) is 0 Å². The van der Waals surface area contributed by atoms with Gasteiger partial charge in [0, 0.05) is 30.1 Å². The van der Waals surface area contributed by atoms with Crippen LogP contribution in [0.4, 0.5) is 0 Å². The van der Waals surface area contributed by atoms with Crippen molar-refractivity contribution in [1.29, 1.82) is 0 Å². The number of piperidine rings is 1. The summed E-state index contributed by atoms with van der Waals surface area (Å²) in [5.41, 5.74) is 8.27. The second kappa shape index (κ2) is 6.31. The van der Waals surface area contributed by atoms with Crippen molar-refractivity contribution in [3.8, 4) is 11.1 Å². The summed E-state index contributed by atoms with van der Waals surface area (Å²) in [4.78, 5) is 27.3. The topological polar surface area (TPSA) is 76.5 Å². The van der Waals surface area contributed by atoms with Crippen LogP contribution in [0.1, 0.15) is 29.6 Å². The van der Waals surface area contributed by atoms with Crippen molar-refractivity contribution in [3.05, 3.63) is 70.6 Å². The number of amides is 1. The number of fused-ring (bicyclic) bond motifs is 1. The second-order valence-corrected chi connectivity index (χ2v) is 8.03. The van der Waals surface area contributed by atoms with E-state index >= 15 is 0 Å². The lowest BCUT2D eigenvalue weighted by Crippen LogP contribution is -2.40. The number of nitrogens with two attached hydrogens (primary N) is 1. The predicted molar refractivity (Wildman–Crippen MR) is 108 cm³/mol. The zero-order valence-corrected chi connectivity index (χ0v) is 15.6. The third-order valence-electron chi connectivity index (χ3n) is 6.36. The zero-order chi connectivity index (χ0) is 19.3. The maximum atomic E-state index is 13.0. The monoisotopic (exact) mass is 374 g/mol. The minimum Gasteiger partial charge on any atom is -0.422 e. The van der Waals surface area contributed by atoms with Gasteiger partial charge < -0.3 is 15.1 Å². The summed E-state index contributed by atoms with van der Waals surface area (Å²) in [6.07, 6.45) is 3.05. The molecular formula is C23H22N2O3. The predicted octanol–water partition coefficient (Wildman–Crippen LogP) is 3.41. The van der Waals surface area contributed by atoms with Gasteiger partial charge in [0.05, 0.1) is 5.56 Å². The average Bonchev–Trinajstić information content (AvgIpc) is 3.35. The van der Waals surface area contributed by atoms with E-state index in [9.17, 15) is 9.59 Å². The molecule has 2 heterocycles. The molecule has 28 heavy (non-hydrogen) atoms. The van der Waals surface area contributed by atoms with E-state index in [1.165, 1.54) is 0 Å². The van der Waals surface area contributed by atoms with E-state index in [0.29, 0.717) is 28.3 Å². The Labute approximate surface area is 162 Å². The van der Waals surface area contributed by atoms with E-state index < -0.39 is 5.63 Å². The highest BCUT2D eigenvalue weighted by Crippen LogP contribution is 2.52. The van der Waals surface area contributed by atoms with E-state index in [-0.39, 0.29) is 11.3 Å². The van der Waals surface area contributed by atoms with Gasteiger partial charge in [0.15, 0.2) is 0 Å². The summed E-state index contributed by atoms with van der Waals surface area (Å²) in [5, 5.41) is 0.857.